The predicted molar refractivity (Wildman–Crippen MR) is 74.2 cm³/mol. The van der Waals surface area contributed by atoms with E-state index in [1.165, 1.54) is 12.0 Å². The van der Waals surface area contributed by atoms with E-state index in [9.17, 15) is 0 Å². The van der Waals surface area contributed by atoms with Gasteiger partial charge < -0.3 is 0 Å². The van der Waals surface area contributed by atoms with Crippen molar-refractivity contribution in [2.75, 3.05) is 0 Å². The second kappa shape index (κ2) is 9.28. The summed E-state index contributed by atoms with van der Waals surface area (Å²) in [7, 11) is 0. The average Bonchev–Trinajstić information content (AvgIpc) is 2.28. The van der Waals surface area contributed by atoms with Crippen LogP contribution in [0.2, 0.25) is 0 Å². The molecule has 0 fully saturated rings. The van der Waals surface area contributed by atoms with E-state index < -0.39 is 0 Å². The summed E-state index contributed by atoms with van der Waals surface area (Å²) in [6.07, 6.45) is 10.4. The van der Waals surface area contributed by atoms with E-state index in [1.54, 1.807) is 0 Å². The molecule has 2 atom stereocenters. The van der Waals surface area contributed by atoms with E-state index in [-0.39, 0.29) is 0 Å². The molecule has 0 aliphatic rings. The lowest BCUT2D eigenvalue weighted by atomic mass is 10.0. The van der Waals surface area contributed by atoms with Crippen LogP contribution in [-0.4, -0.2) is 0 Å². The van der Waals surface area contributed by atoms with Crippen LogP contribution in [0.15, 0.2) is 23.8 Å². The van der Waals surface area contributed by atoms with Crippen molar-refractivity contribution in [1.82, 2.24) is 0 Å². The molecule has 0 aromatic heterocycles. The monoisotopic (exact) mass is 218 g/mol. The summed E-state index contributed by atoms with van der Waals surface area (Å²) in [5.41, 5.74) is 1.39. The predicted octanol–water partition coefficient (Wildman–Crippen LogP) is 4.97. The van der Waals surface area contributed by atoms with Gasteiger partial charge >= 0.3 is 0 Å². The molecule has 2 unspecified atom stereocenters. The van der Waals surface area contributed by atoms with Crippen molar-refractivity contribution in [3.05, 3.63) is 23.8 Å². The Balaban J connectivity index is 3.90. The third-order valence-corrected chi connectivity index (χ3v) is 2.95. The van der Waals surface area contributed by atoms with E-state index in [4.69, 9.17) is 0 Å². The highest BCUT2D eigenvalue weighted by molar-refractivity contribution is 5.16. The highest BCUT2D eigenvalue weighted by atomic mass is 14.0. The number of hydrogen-bond donors (Lipinski definition) is 0. The lowest BCUT2D eigenvalue weighted by molar-refractivity contribution is 0.694. The molecule has 0 bridgehead atoms. The zero-order valence-corrected chi connectivity index (χ0v) is 11.5. The van der Waals surface area contributed by atoms with Gasteiger partial charge in [0.05, 0.1) is 0 Å². The first-order valence-electron chi connectivity index (χ1n) is 6.37. The van der Waals surface area contributed by atoms with E-state index in [0.29, 0.717) is 5.92 Å². The van der Waals surface area contributed by atoms with Crippen molar-refractivity contribution < 1.29 is 0 Å². The summed E-state index contributed by atoms with van der Waals surface area (Å²) >= 11 is 0. The van der Waals surface area contributed by atoms with E-state index in [0.717, 1.165) is 18.8 Å². The molecule has 0 saturated carbocycles. The molecule has 0 heterocycles. The molecule has 0 heteroatoms. The number of unbranched alkanes of at least 4 members (excludes halogenated alkanes) is 1. The third-order valence-electron chi connectivity index (χ3n) is 2.95. The molecular formula is C16H26. The van der Waals surface area contributed by atoms with E-state index >= 15 is 0 Å². The number of rotatable bonds is 6. The fourth-order valence-electron chi connectivity index (χ4n) is 1.38. The van der Waals surface area contributed by atoms with Crippen LogP contribution in [0.25, 0.3) is 0 Å². The molecule has 0 rings (SSSR count). The minimum absolute atomic E-state index is 0.406. The van der Waals surface area contributed by atoms with Crippen molar-refractivity contribution in [1.29, 1.82) is 0 Å². The van der Waals surface area contributed by atoms with Crippen molar-refractivity contribution in [3.63, 3.8) is 0 Å². The molecule has 16 heavy (non-hydrogen) atoms. The van der Waals surface area contributed by atoms with Gasteiger partial charge in [0.2, 0.25) is 0 Å². The van der Waals surface area contributed by atoms with Gasteiger partial charge in [-0.25, -0.2) is 0 Å². The fourth-order valence-corrected chi connectivity index (χ4v) is 1.38. The fraction of sp³-hybridized carbons (Fsp3) is 0.625. The summed E-state index contributed by atoms with van der Waals surface area (Å²) in [5.74, 6) is 7.27. The maximum atomic E-state index is 3.18. The molecule has 0 nitrogen and oxygen atoms in total. The SMILES string of the molecule is CC#CC(C)C(C)=CCCC=CC(C)CC. The molecule has 90 valence electrons. The van der Waals surface area contributed by atoms with Crippen molar-refractivity contribution in [2.45, 2.75) is 53.9 Å². The molecule has 0 radical (unpaired) electrons. The van der Waals surface area contributed by atoms with E-state index in [1.807, 2.05) is 6.92 Å². The number of allylic oxidation sites excluding steroid dienone is 4. The van der Waals surface area contributed by atoms with Crippen LogP contribution in [0.3, 0.4) is 0 Å². The topological polar surface area (TPSA) is 0 Å². The first-order chi connectivity index (χ1) is 7.61. The van der Waals surface area contributed by atoms with E-state index in [2.05, 4.69) is 57.8 Å². The summed E-state index contributed by atoms with van der Waals surface area (Å²) in [4.78, 5) is 0. The maximum absolute atomic E-state index is 3.18. The van der Waals surface area contributed by atoms with Crippen LogP contribution in [0.1, 0.15) is 53.9 Å². The zero-order chi connectivity index (χ0) is 12.4. The molecular weight excluding hydrogens is 192 g/mol. The Hall–Kier alpha value is -0.960. The van der Waals surface area contributed by atoms with Crippen molar-refractivity contribution >= 4 is 0 Å². The Morgan fingerprint density at radius 2 is 1.94 bits per heavy atom. The average molecular weight is 218 g/mol. The number of hydrogen-bond acceptors (Lipinski definition) is 0. The van der Waals surface area contributed by atoms with Gasteiger partial charge in [0.1, 0.15) is 0 Å². The molecule has 0 amide bonds. The quantitative estimate of drug-likeness (QED) is 0.335. The van der Waals surface area contributed by atoms with Gasteiger partial charge in [0.25, 0.3) is 0 Å². The van der Waals surface area contributed by atoms with Crippen molar-refractivity contribution in [2.24, 2.45) is 11.8 Å². The highest BCUT2D eigenvalue weighted by Gasteiger charge is 1.97. The standard InChI is InChI=1S/C16H26/c1-6-11-15(4)16(5)13-10-8-9-12-14(3)7-2/h9,12-15H,7-8,10H2,1-5H3. The summed E-state index contributed by atoms with van der Waals surface area (Å²) < 4.78 is 0. The van der Waals surface area contributed by atoms with Crippen molar-refractivity contribution in [3.8, 4) is 11.8 Å². The first-order valence-corrected chi connectivity index (χ1v) is 6.37. The third kappa shape index (κ3) is 7.35. The summed E-state index contributed by atoms with van der Waals surface area (Å²) in [6, 6.07) is 0. The first kappa shape index (κ1) is 15.0. The minimum Gasteiger partial charge on any atom is -0.106 e. The van der Waals surface area contributed by atoms with Crippen LogP contribution < -0.4 is 0 Å². The van der Waals surface area contributed by atoms with Gasteiger partial charge in [-0.3, -0.25) is 0 Å². The molecule has 0 aliphatic carbocycles. The molecule has 0 aliphatic heterocycles. The van der Waals surface area contributed by atoms with Gasteiger partial charge in [-0.2, -0.15) is 0 Å². The van der Waals surface area contributed by atoms with Crippen LogP contribution >= 0.6 is 0 Å². The second-order valence-electron chi connectivity index (χ2n) is 4.46. The molecule has 0 saturated heterocycles. The minimum atomic E-state index is 0.406. The van der Waals surface area contributed by atoms with Crippen LogP contribution in [0.5, 0.6) is 0 Å². The smallest absolute Gasteiger partial charge is 0.0380 e. The molecule has 0 N–H and O–H groups in total. The molecule has 0 spiro atoms. The van der Waals surface area contributed by atoms with Gasteiger partial charge in [-0.1, -0.05) is 50.0 Å². The largest absolute Gasteiger partial charge is 0.106 e. The normalized spacial score (nSPS) is 15.7. The van der Waals surface area contributed by atoms with Crippen LogP contribution in [-0.2, 0) is 0 Å². The summed E-state index contributed by atoms with van der Waals surface area (Å²) in [5, 5.41) is 0. The van der Waals surface area contributed by atoms with Gasteiger partial charge in [0.15, 0.2) is 0 Å². The van der Waals surface area contributed by atoms with Gasteiger partial charge in [0, 0.05) is 5.92 Å². The Bertz CT molecular complexity index is 283. The molecule has 0 aromatic rings. The Labute approximate surface area is 102 Å². The van der Waals surface area contributed by atoms with Crippen LogP contribution in [0.4, 0.5) is 0 Å². The second-order valence-corrected chi connectivity index (χ2v) is 4.46. The summed E-state index contributed by atoms with van der Waals surface area (Å²) in [6.45, 7) is 10.7. The zero-order valence-electron chi connectivity index (χ0n) is 11.5. The Kier molecular flexibility index (Phi) is 8.72. The Morgan fingerprint density at radius 3 is 2.50 bits per heavy atom. The maximum Gasteiger partial charge on any atom is 0.0380 e. The molecule has 0 aromatic carbocycles. The highest BCUT2D eigenvalue weighted by Crippen LogP contribution is 2.10. The Morgan fingerprint density at radius 1 is 1.25 bits per heavy atom. The van der Waals surface area contributed by atoms with Gasteiger partial charge in [-0.05, 0) is 39.5 Å². The lowest BCUT2D eigenvalue weighted by Gasteiger charge is -2.03. The van der Waals surface area contributed by atoms with Gasteiger partial charge in [-0.15, -0.1) is 5.92 Å². The van der Waals surface area contributed by atoms with Crippen LogP contribution in [0, 0.1) is 23.7 Å². The lowest BCUT2D eigenvalue weighted by Crippen LogP contribution is -1.91.